The first-order chi connectivity index (χ1) is 9.17. The molecule has 2 heterocycles. The summed E-state index contributed by atoms with van der Waals surface area (Å²) in [5, 5.41) is 1.13. The van der Waals surface area contributed by atoms with E-state index < -0.39 is 0 Å². The molecule has 0 radical (unpaired) electrons. The number of hydrogen-bond donors (Lipinski definition) is 1. The monoisotopic (exact) mass is 257 g/mol. The summed E-state index contributed by atoms with van der Waals surface area (Å²) in [7, 11) is 1.78. The number of nitrogens with zero attached hydrogens (tertiary/aromatic N) is 2. The van der Waals surface area contributed by atoms with Crippen LogP contribution in [0.3, 0.4) is 0 Å². The predicted molar refractivity (Wildman–Crippen MR) is 78.5 cm³/mol. The molecular formula is C15H19N3O. The number of benzene rings is 1. The Morgan fingerprint density at radius 3 is 2.95 bits per heavy atom. The van der Waals surface area contributed by atoms with Gasteiger partial charge in [0.15, 0.2) is 0 Å². The van der Waals surface area contributed by atoms with E-state index in [1.54, 1.807) is 7.11 Å². The third-order valence-corrected chi connectivity index (χ3v) is 3.76. The highest BCUT2D eigenvalue weighted by atomic mass is 16.5. The number of ether oxygens (including phenoxy) is 1. The van der Waals surface area contributed by atoms with E-state index in [0.29, 0.717) is 6.10 Å². The lowest BCUT2D eigenvalue weighted by molar-refractivity contribution is 0.121. The maximum atomic E-state index is 5.91. The van der Waals surface area contributed by atoms with E-state index in [2.05, 4.69) is 16.0 Å². The second-order valence-corrected chi connectivity index (χ2v) is 5.15. The molecule has 1 saturated heterocycles. The van der Waals surface area contributed by atoms with Crippen molar-refractivity contribution >= 4 is 22.3 Å². The van der Waals surface area contributed by atoms with Crippen LogP contribution in [-0.2, 0) is 4.74 Å². The molecule has 1 atom stereocenters. The van der Waals surface area contributed by atoms with E-state index in [-0.39, 0.29) is 0 Å². The van der Waals surface area contributed by atoms with Gasteiger partial charge in [-0.05, 0) is 37.6 Å². The van der Waals surface area contributed by atoms with Gasteiger partial charge in [-0.2, -0.15) is 0 Å². The second kappa shape index (κ2) is 4.70. The molecule has 4 heteroatoms. The van der Waals surface area contributed by atoms with Crippen molar-refractivity contribution in [3.05, 3.63) is 30.0 Å². The first-order valence-corrected chi connectivity index (χ1v) is 6.62. The quantitative estimate of drug-likeness (QED) is 0.839. The number of rotatable bonds is 2. The molecule has 1 aromatic heterocycles. The lowest BCUT2D eigenvalue weighted by Crippen LogP contribution is -2.22. The van der Waals surface area contributed by atoms with Gasteiger partial charge in [0, 0.05) is 42.7 Å². The molecule has 1 aromatic carbocycles. The number of nitrogen functional groups attached to an aromatic ring is 1. The lowest BCUT2D eigenvalue weighted by Gasteiger charge is -2.21. The van der Waals surface area contributed by atoms with Gasteiger partial charge in [-0.1, -0.05) is 0 Å². The highest BCUT2D eigenvalue weighted by Crippen LogP contribution is 2.31. The van der Waals surface area contributed by atoms with E-state index in [4.69, 9.17) is 10.5 Å². The van der Waals surface area contributed by atoms with E-state index in [0.717, 1.165) is 41.8 Å². The molecule has 0 bridgehead atoms. The van der Waals surface area contributed by atoms with Crippen molar-refractivity contribution in [3.63, 3.8) is 0 Å². The Labute approximate surface area is 113 Å². The number of aromatic nitrogens is 1. The van der Waals surface area contributed by atoms with E-state index >= 15 is 0 Å². The number of anilines is 2. The van der Waals surface area contributed by atoms with Gasteiger partial charge >= 0.3 is 0 Å². The first-order valence-electron chi connectivity index (χ1n) is 6.62. The largest absolute Gasteiger partial charge is 0.399 e. The zero-order chi connectivity index (χ0) is 13.4. The van der Waals surface area contributed by atoms with E-state index in [9.17, 15) is 0 Å². The fraction of sp³-hybridized carbons (Fsp3) is 0.400. The fourth-order valence-corrected chi connectivity index (χ4v) is 2.76. The SMILES string of the molecule is COC1CCN(c2cc(C)nc3ccc(N)cc23)C1. The molecular weight excluding hydrogens is 238 g/mol. The van der Waals surface area contributed by atoms with E-state index in [1.807, 2.05) is 25.1 Å². The summed E-state index contributed by atoms with van der Waals surface area (Å²) in [6.45, 7) is 3.99. The summed E-state index contributed by atoms with van der Waals surface area (Å²) in [6, 6.07) is 8.04. The molecule has 4 nitrogen and oxygen atoms in total. The molecule has 1 aliphatic rings. The van der Waals surface area contributed by atoms with Crippen LogP contribution in [0.2, 0.25) is 0 Å². The molecule has 0 aliphatic carbocycles. The lowest BCUT2D eigenvalue weighted by atomic mass is 10.1. The van der Waals surface area contributed by atoms with Crippen molar-refractivity contribution in [2.24, 2.45) is 0 Å². The average molecular weight is 257 g/mol. The van der Waals surface area contributed by atoms with Crippen LogP contribution in [0.15, 0.2) is 24.3 Å². The van der Waals surface area contributed by atoms with Crippen LogP contribution in [0.1, 0.15) is 12.1 Å². The minimum absolute atomic E-state index is 0.324. The van der Waals surface area contributed by atoms with Crippen molar-refractivity contribution in [2.75, 3.05) is 30.8 Å². The number of fused-ring (bicyclic) bond motifs is 1. The summed E-state index contributed by atoms with van der Waals surface area (Å²) < 4.78 is 5.45. The van der Waals surface area contributed by atoms with Crippen LogP contribution in [0, 0.1) is 6.92 Å². The maximum Gasteiger partial charge on any atom is 0.0762 e. The summed E-state index contributed by atoms with van der Waals surface area (Å²) in [4.78, 5) is 6.94. The van der Waals surface area contributed by atoms with Crippen molar-refractivity contribution in [2.45, 2.75) is 19.4 Å². The average Bonchev–Trinajstić information content (AvgIpc) is 2.87. The number of aryl methyl sites for hydroxylation is 1. The summed E-state index contributed by atoms with van der Waals surface area (Å²) in [5.74, 6) is 0. The fourth-order valence-electron chi connectivity index (χ4n) is 2.76. The van der Waals surface area contributed by atoms with Crippen molar-refractivity contribution in [1.82, 2.24) is 4.98 Å². The Kier molecular flexibility index (Phi) is 3.03. The van der Waals surface area contributed by atoms with Crippen LogP contribution in [0.5, 0.6) is 0 Å². The molecule has 3 rings (SSSR count). The molecule has 0 amide bonds. The Morgan fingerprint density at radius 1 is 1.37 bits per heavy atom. The summed E-state index contributed by atoms with van der Waals surface area (Å²) in [6.07, 6.45) is 1.39. The summed E-state index contributed by atoms with van der Waals surface area (Å²) >= 11 is 0. The number of hydrogen-bond acceptors (Lipinski definition) is 4. The molecule has 1 unspecified atom stereocenters. The third-order valence-electron chi connectivity index (χ3n) is 3.76. The number of methoxy groups -OCH3 is 1. The third kappa shape index (κ3) is 2.24. The first kappa shape index (κ1) is 12.2. The standard InChI is InChI=1S/C15H19N3O/c1-10-7-15(18-6-5-12(9-18)19-2)13-8-11(16)3-4-14(13)17-10/h3-4,7-8,12H,5-6,9,16H2,1-2H3. The number of nitrogens with two attached hydrogens (primary N) is 1. The molecule has 2 N–H and O–H groups in total. The topological polar surface area (TPSA) is 51.4 Å². The molecule has 0 spiro atoms. The van der Waals surface area contributed by atoms with Crippen LogP contribution in [0.4, 0.5) is 11.4 Å². The van der Waals surface area contributed by atoms with Gasteiger partial charge in [0.1, 0.15) is 0 Å². The van der Waals surface area contributed by atoms with Crippen molar-refractivity contribution in [1.29, 1.82) is 0 Å². The Morgan fingerprint density at radius 2 is 2.21 bits per heavy atom. The smallest absolute Gasteiger partial charge is 0.0762 e. The van der Waals surface area contributed by atoms with Crippen LogP contribution >= 0.6 is 0 Å². The van der Waals surface area contributed by atoms with Crippen LogP contribution < -0.4 is 10.6 Å². The Hall–Kier alpha value is -1.81. The second-order valence-electron chi connectivity index (χ2n) is 5.15. The molecule has 19 heavy (non-hydrogen) atoms. The molecule has 0 saturated carbocycles. The van der Waals surface area contributed by atoms with Crippen LogP contribution in [0.25, 0.3) is 10.9 Å². The zero-order valence-corrected chi connectivity index (χ0v) is 11.4. The van der Waals surface area contributed by atoms with E-state index in [1.165, 1.54) is 5.69 Å². The van der Waals surface area contributed by atoms with Crippen molar-refractivity contribution < 1.29 is 4.74 Å². The molecule has 2 aromatic rings. The molecule has 1 fully saturated rings. The minimum Gasteiger partial charge on any atom is -0.399 e. The van der Waals surface area contributed by atoms with Gasteiger partial charge in [-0.15, -0.1) is 0 Å². The van der Waals surface area contributed by atoms with Crippen LogP contribution in [-0.4, -0.2) is 31.3 Å². The molecule has 100 valence electrons. The zero-order valence-electron chi connectivity index (χ0n) is 11.4. The molecule has 1 aliphatic heterocycles. The van der Waals surface area contributed by atoms with Gasteiger partial charge in [0.2, 0.25) is 0 Å². The number of pyridine rings is 1. The van der Waals surface area contributed by atoms with Gasteiger partial charge in [0.25, 0.3) is 0 Å². The van der Waals surface area contributed by atoms with Gasteiger partial charge in [-0.3, -0.25) is 4.98 Å². The maximum absolute atomic E-state index is 5.91. The van der Waals surface area contributed by atoms with Gasteiger partial charge in [-0.25, -0.2) is 0 Å². The minimum atomic E-state index is 0.324. The highest BCUT2D eigenvalue weighted by molar-refractivity contribution is 5.94. The Balaban J connectivity index is 2.09. The van der Waals surface area contributed by atoms with Gasteiger partial charge < -0.3 is 15.4 Å². The van der Waals surface area contributed by atoms with Gasteiger partial charge in [0.05, 0.1) is 11.6 Å². The predicted octanol–water partition coefficient (Wildman–Crippen LogP) is 2.35. The normalized spacial score (nSPS) is 19.3. The Bertz CT molecular complexity index is 612. The van der Waals surface area contributed by atoms with Crippen molar-refractivity contribution in [3.8, 4) is 0 Å². The summed E-state index contributed by atoms with van der Waals surface area (Å²) in [5.41, 5.74) is 9.95. The highest BCUT2D eigenvalue weighted by Gasteiger charge is 2.23.